The number of alkyl halides is 2. The lowest BCUT2D eigenvalue weighted by Gasteiger charge is -2.13. The summed E-state index contributed by atoms with van der Waals surface area (Å²) in [5.41, 5.74) is 0.642. The number of halogens is 2. The van der Waals surface area contributed by atoms with Gasteiger partial charge in [0.25, 0.3) is 0 Å². The van der Waals surface area contributed by atoms with Crippen molar-refractivity contribution in [1.29, 1.82) is 0 Å². The van der Waals surface area contributed by atoms with Crippen molar-refractivity contribution < 1.29 is 8.78 Å². The van der Waals surface area contributed by atoms with Crippen LogP contribution in [0, 0.1) is 0 Å². The van der Waals surface area contributed by atoms with Gasteiger partial charge < -0.3 is 0 Å². The summed E-state index contributed by atoms with van der Waals surface area (Å²) in [7, 11) is 0. The van der Waals surface area contributed by atoms with E-state index in [0.29, 0.717) is 11.3 Å². The van der Waals surface area contributed by atoms with Gasteiger partial charge in [0.05, 0.1) is 11.3 Å². The van der Waals surface area contributed by atoms with Gasteiger partial charge in [0.2, 0.25) is 0 Å². The normalized spacial score (nSPS) is 16.5. The van der Waals surface area contributed by atoms with E-state index in [-0.39, 0.29) is 11.3 Å². The van der Waals surface area contributed by atoms with Crippen molar-refractivity contribution in [3.05, 3.63) is 65.7 Å². The molecular formula is C14H9F2N. The number of rotatable bonds is 1. The second-order valence-corrected chi connectivity index (χ2v) is 3.92. The molecule has 1 nitrogen and oxygen atoms in total. The van der Waals surface area contributed by atoms with Crippen LogP contribution < -0.4 is 0 Å². The predicted molar refractivity (Wildman–Crippen MR) is 63.0 cm³/mol. The zero-order chi connectivity index (χ0) is 11.9. The molecule has 0 amide bonds. The summed E-state index contributed by atoms with van der Waals surface area (Å²) < 4.78 is 28.3. The molecule has 1 heterocycles. The Morgan fingerprint density at radius 3 is 2.18 bits per heavy atom. The average molecular weight is 229 g/mol. The quantitative estimate of drug-likeness (QED) is 0.703. The molecule has 0 atom stereocenters. The molecule has 2 aromatic carbocycles. The molecule has 17 heavy (non-hydrogen) atoms. The molecule has 0 N–H and O–H groups in total. The molecule has 0 aromatic heterocycles. The number of hydrogen-bond donors (Lipinski definition) is 0. The highest BCUT2D eigenvalue weighted by atomic mass is 19.3. The minimum absolute atomic E-state index is 0.0150. The highest BCUT2D eigenvalue weighted by Crippen LogP contribution is 2.44. The molecule has 0 fully saturated rings. The largest absolute Gasteiger partial charge is 0.317 e. The minimum atomic E-state index is -3.00. The monoisotopic (exact) mass is 229 g/mol. The van der Waals surface area contributed by atoms with E-state index in [1.807, 2.05) is 0 Å². The highest BCUT2D eigenvalue weighted by molar-refractivity contribution is 6.10. The average Bonchev–Trinajstić information content (AvgIpc) is 2.63. The lowest BCUT2D eigenvalue weighted by molar-refractivity contribution is 0.0810. The third-order valence-electron chi connectivity index (χ3n) is 2.82. The molecule has 0 spiro atoms. The van der Waals surface area contributed by atoms with Crippen LogP contribution >= 0.6 is 0 Å². The Labute approximate surface area is 97.4 Å². The van der Waals surface area contributed by atoms with Crippen LogP contribution in [0.25, 0.3) is 0 Å². The van der Waals surface area contributed by atoms with Crippen molar-refractivity contribution in [2.45, 2.75) is 5.92 Å². The van der Waals surface area contributed by atoms with Crippen LogP contribution in [0.2, 0.25) is 0 Å². The summed E-state index contributed by atoms with van der Waals surface area (Å²) in [5.74, 6) is -3.00. The fourth-order valence-electron chi connectivity index (χ4n) is 2.00. The van der Waals surface area contributed by atoms with Crippen molar-refractivity contribution in [1.82, 2.24) is 0 Å². The maximum atomic E-state index is 14.2. The fraction of sp³-hybridized carbons (Fsp3) is 0.0714. The first-order valence-electron chi connectivity index (χ1n) is 5.31. The Hall–Kier alpha value is -2.03. The van der Waals surface area contributed by atoms with Gasteiger partial charge in [-0.2, -0.15) is 8.78 Å². The molecule has 0 radical (unpaired) electrons. The first-order valence-corrected chi connectivity index (χ1v) is 5.31. The summed E-state index contributed by atoms with van der Waals surface area (Å²) in [4.78, 5) is 4.04. The summed E-state index contributed by atoms with van der Waals surface area (Å²) in [5, 5.41) is 0. The predicted octanol–water partition coefficient (Wildman–Crippen LogP) is 3.91. The minimum Gasteiger partial charge on any atom is -0.246 e. The SMILES string of the molecule is FC1(F)C(c2ccccc2)=Nc2ccccc21. The fourth-order valence-corrected chi connectivity index (χ4v) is 2.00. The third-order valence-corrected chi connectivity index (χ3v) is 2.82. The summed E-state index contributed by atoms with van der Waals surface area (Å²) in [6, 6.07) is 14.9. The van der Waals surface area contributed by atoms with E-state index < -0.39 is 5.92 Å². The molecule has 3 heteroatoms. The maximum absolute atomic E-state index is 14.2. The van der Waals surface area contributed by atoms with Gasteiger partial charge in [0.1, 0.15) is 5.71 Å². The molecule has 0 bridgehead atoms. The van der Waals surface area contributed by atoms with E-state index in [0.717, 1.165) is 0 Å². The van der Waals surface area contributed by atoms with E-state index in [1.165, 1.54) is 6.07 Å². The lowest BCUT2D eigenvalue weighted by atomic mass is 10.0. The van der Waals surface area contributed by atoms with Gasteiger partial charge in [-0.15, -0.1) is 0 Å². The van der Waals surface area contributed by atoms with Crippen molar-refractivity contribution in [3.63, 3.8) is 0 Å². The standard InChI is InChI=1S/C14H9F2N/c15-14(16)11-8-4-5-9-12(11)17-13(14)10-6-2-1-3-7-10/h1-9H. The Balaban J connectivity index is 2.17. The van der Waals surface area contributed by atoms with Crippen LogP contribution in [-0.4, -0.2) is 5.71 Å². The van der Waals surface area contributed by atoms with E-state index in [9.17, 15) is 8.78 Å². The first kappa shape index (κ1) is 10.1. The van der Waals surface area contributed by atoms with E-state index in [4.69, 9.17) is 0 Å². The number of hydrogen-bond acceptors (Lipinski definition) is 1. The molecule has 1 aliphatic heterocycles. The zero-order valence-electron chi connectivity index (χ0n) is 8.90. The van der Waals surface area contributed by atoms with Crippen molar-refractivity contribution in [2.75, 3.05) is 0 Å². The van der Waals surface area contributed by atoms with Gasteiger partial charge in [0, 0.05) is 5.56 Å². The number of aliphatic imine (C=N–C) groups is 1. The number of fused-ring (bicyclic) bond motifs is 1. The number of para-hydroxylation sites is 1. The van der Waals surface area contributed by atoms with Crippen LogP contribution in [0.1, 0.15) is 11.1 Å². The summed E-state index contributed by atoms with van der Waals surface area (Å²) in [6.45, 7) is 0. The Morgan fingerprint density at radius 1 is 0.824 bits per heavy atom. The Bertz CT molecular complexity index is 588. The third kappa shape index (κ3) is 1.46. The molecule has 0 aliphatic carbocycles. The smallest absolute Gasteiger partial charge is 0.246 e. The molecule has 1 aliphatic rings. The van der Waals surface area contributed by atoms with Crippen molar-refractivity contribution in [3.8, 4) is 0 Å². The number of nitrogens with zero attached hydrogens (tertiary/aromatic N) is 1. The second kappa shape index (κ2) is 3.48. The Kier molecular flexibility index (Phi) is 2.08. The molecule has 0 saturated heterocycles. The molecule has 2 aromatic rings. The summed E-state index contributed by atoms with van der Waals surface area (Å²) in [6.07, 6.45) is 0. The molecule has 84 valence electrons. The van der Waals surface area contributed by atoms with Crippen LogP contribution in [0.4, 0.5) is 14.5 Å². The van der Waals surface area contributed by atoms with E-state index in [1.54, 1.807) is 48.5 Å². The van der Waals surface area contributed by atoms with Gasteiger partial charge in [-0.05, 0) is 6.07 Å². The van der Waals surface area contributed by atoms with Crippen molar-refractivity contribution in [2.24, 2.45) is 4.99 Å². The molecule has 0 saturated carbocycles. The van der Waals surface area contributed by atoms with Crippen LogP contribution in [-0.2, 0) is 5.92 Å². The highest BCUT2D eigenvalue weighted by Gasteiger charge is 2.44. The first-order chi connectivity index (χ1) is 8.19. The molecular weight excluding hydrogens is 220 g/mol. The second-order valence-electron chi connectivity index (χ2n) is 3.92. The van der Waals surface area contributed by atoms with Gasteiger partial charge >= 0.3 is 5.92 Å². The maximum Gasteiger partial charge on any atom is 0.317 e. The van der Waals surface area contributed by atoms with E-state index >= 15 is 0 Å². The van der Waals surface area contributed by atoms with Gasteiger partial charge in [-0.1, -0.05) is 48.5 Å². The van der Waals surface area contributed by atoms with Crippen LogP contribution in [0.3, 0.4) is 0 Å². The van der Waals surface area contributed by atoms with Crippen LogP contribution in [0.15, 0.2) is 59.6 Å². The van der Waals surface area contributed by atoms with Crippen molar-refractivity contribution >= 4 is 11.4 Å². The lowest BCUT2D eigenvalue weighted by Crippen LogP contribution is -2.22. The molecule has 3 rings (SSSR count). The summed E-state index contributed by atoms with van der Waals surface area (Å²) >= 11 is 0. The number of benzene rings is 2. The van der Waals surface area contributed by atoms with E-state index in [2.05, 4.69) is 4.99 Å². The van der Waals surface area contributed by atoms with Gasteiger partial charge in [-0.3, -0.25) is 0 Å². The Morgan fingerprint density at radius 2 is 1.47 bits per heavy atom. The van der Waals surface area contributed by atoms with Gasteiger partial charge in [0.15, 0.2) is 0 Å². The zero-order valence-corrected chi connectivity index (χ0v) is 8.90. The van der Waals surface area contributed by atoms with Gasteiger partial charge in [-0.25, -0.2) is 4.99 Å². The topological polar surface area (TPSA) is 12.4 Å². The van der Waals surface area contributed by atoms with Crippen LogP contribution in [0.5, 0.6) is 0 Å². The molecule has 0 unspecified atom stereocenters.